The molecule has 1 saturated heterocycles. The second-order valence-electron chi connectivity index (χ2n) is 11.0. The molecular formula is C28H22ClN3O8S2. The zero-order valence-corrected chi connectivity index (χ0v) is 24.0. The van der Waals surface area contributed by atoms with E-state index in [0.29, 0.717) is 32.7 Å². The molecule has 2 aliphatic heterocycles. The summed E-state index contributed by atoms with van der Waals surface area (Å²) in [4.78, 5) is 66.4. The van der Waals surface area contributed by atoms with Crippen LogP contribution in [-0.2, 0) is 21.0 Å². The van der Waals surface area contributed by atoms with Gasteiger partial charge in [-0.05, 0) is 36.3 Å². The van der Waals surface area contributed by atoms with E-state index in [9.17, 15) is 34.4 Å². The first kappa shape index (κ1) is 27.2. The second kappa shape index (κ2) is 9.96. The molecule has 1 aromatic heterocycles. The van der Waals surface area contributed by atoms with Crippen LogP contribution >= 0.6 is 34.7 Å². The predicted molar refractivity (Wildman–Crippen MR) is 152 cm³/mol. The molecule has 3 heterocycles. The highest BCUT2D eigenvalue weighted by molar-refractivity contribution is 8.00. The molecule has 11 nitrogen and oxygen atoms in total. The standard InChI is InChI=1S/C28H22ClN3O8S2/c29-16-4-2-1-3-11(16)10-40-17-6-5-12(32(38)39)7-13(17)19-20-14-8-15(23(20)41-25-24(19)42-28(37)30-25)22-21(14)26(35)31(27(22)36)9-18(33)34/h1-7,14-15,19-23H,8-10H2,(H,30,37)(H,33,34)/t14-,15+,19-,20+,21+,22-,23-/m1/s1. The van der Waals surface area contributed by atoms with Crippen molar-refractivity contribution in [2.75, 3.05) is 6.54 Å². The Hall–Kier alpha value is -3.68. The summed E-state index contributed by atoms with van der Waals surface area (Å²) in [6.45, 7) is -0.578. The first-order valence-electron chi connectivity index (χ1n) is 13.2. The number of nitro groups is 1. The summed E-state index contributed by atoms with van der Waals surface area (Å²) in [6, 6.07) is 11.6. The molecule has 7 atom stereocenters. The van der Waals surface area contributed by atoms with E-state index < -0.39 is 47.0 Å². The number of ether oxygens (including phenoxy) is 1. The lowest BCUT2D eigenvalue weighted by atomic mass is 9.68. The molecule has 2 N–H and O–H groups in total. The number of benzene rings is 2. The largest absolute Gasteiger partial charge is 0.489 e. The molecule has 2 bridgehead atoms. The molecule has 216 valence electrons. The van der Waals surface area contributed by atoms with Gasteiger partial charge in [0.15, 0.2) is 0 Å². The van der Waals surface area contributed by atoms with E-state index in [1.807, 2.05) is 12.1 Å². The number of likely N-dealkylation sites (tertiary alicyclic amines) is 1. The maximum absolute atomic E-state index is 13.4. The van der Waals surface area contributed by atoms with E-state index >= 15 is 0 Å². The quantitative estimate of drug-likeness (QED) is 0.223. The number of nitrogens with zero attached hydrogens (tertiary/aromatic N) is 2. The molecule has 0 radical (unpaired) electrons. The van der Waals surface area contributed by atoms with Gasteiger partial charge in [-0.25, -0.2) is 0 Å². The van der Waals surface area contributed by atoms with Crippen LogP contribution in [0.1, 0.15) is 28.3 Å². The highest BCUT2D eigenvalue weighted by atomic mass is 35.5. The minimum atomic E-state index is -1.26. The Bertz CT molecular complexity index is 1740. The van der Waals surface area contributed by atoms with Crippen molar-refractivity contribution in [1.82, 2.24) is 9.88 Å². The minimum Gasteiger partial charge on any atom is -0.489 e. The Morgan fingerprint density at radius 3 is 2.60 bits per heavy atom. The Morgan fingerprint density at radius 1 is 1.14 bits per heavy atom. The number of H-pyrrole nitrogens is 1. The van der Waals surface area contributed by atoms with Crippen molar-refractivity contribution in [2.45, 2.75) is 29.2 Å². The van der Waals surface area contributed by atoms with Gasteiger partial charge in [-0.3, -0.25) is 34.2 Å². The lowest BCUT2D eigenvalue weighted by molar-refractivity contribution is -0.385. The Kier molecular flexibility index (Phi) is 6.44. The number of imide groups is 1. The van der Waals surface area contributed by atoms with Gasteiger partial charge in [0, 0.05) is 44.3 Å². The van der Waals surface area contributed by atoms with E-state index in [1.165, 1.54) is 23.9 Å². The number of carbonyl (C=O) groups excluding carboxylic acids is 2. The van der Waals surface area contributed by atoms with Crippen molar-refractivity contribution in [3.05, 3.63) is 83.3 Å². The van der Waals surface area contributed by atoms with Crippen LogP contribution in [0.5, 0.6) is 5.75 Å². The zero-order chi connectivity index (χ0) is 29.4. The summed E-state index contributed by atoms with van der Waals surface area (Å²) < 4.78 is 6.24. The summed E-state index contributed by atoms with van der Waals surface area (Å²) in [6.07, 6.45) is 0.594. The number of thioether (sulfide) groups is 1. The van der Waals surface area contributed by atoms with E-state index in [2.05, 4.69) is 4.98 Å². The number of aliphatic carboxylic acids is 1. The number of aromatic nitrogens is 1. The highest BCUT2D eigenvalue weighted by Gasteiger charge is 2.69. The Morgan fingerprint density at radius 2 is 1.88 bits per heavy atom. The molecule has 2 saturated carbocycles. The van der Waals surface area contributed by atoms with Gasteiger partial charge in [-0.1, -0.05) is 41.1 Å². The number of halogens is 1. The predicted octanol–water partition coefficient (Wildman–Crippen LogP) is 4.13. The normalized spacial score (nSPS) is 28.9. The van der Waals surface area contributed by atoms with E-state index in [4.69, 9.17) is 16.3 Å². The average Bonchev–Trinajstić information content (AvgIpc) is 3.68. The fraction of sp³-hybridized carbons (Fsp3) is 0.357. The van der Waals surface area contributed by atoms with Crippen molar-refractivity contribution >= 4 is 58.2 Å². The van der Waals surface area contributed by atoms with Gasteiger partial charge in [-0.15, -0.1) is 11.8 Å². The van der Waals surface area contributed by atoms with Crippen LogP contribution in [0.3, 0.4) is 0 Å². The molecular weight excluding hydrogens is 606 g/mol. The number of carboxylic acid groups (broad SMARTS) is 1. The third-order valence-corrected chi connectivity index (χ3v) is 11.9. The minimum absolute atomic E-state index is 0.101. The Labute approximate surface area is 251 Å². The number of nitro benzene ring substituents is 1. The maximum Gasteiger partial charge on any atom is 0.323 e. The van der Waals surface area contributed by atoms with Crippen molar-refractivity contribution < 1.29 is 29.2 Å². The van der Waals surface area contributed by atoms with Crippen molar-refractivity contribution in [3.8, 4) is 5.75 Å². The van der Waals surface area contributed by atoms with E-state index in [-0.39, 0.29) is 40.2 Å². The fourth-order valence-electron chi connectivity index (χ4n) is 7.51. The molecule has 2 amide bonds. The molecule has 14 heteroatoms. The number of aromatic amines is 1. The SMILES string of the molecule is O=C(O)CN1C(=O)[C@@H]2[C@@H]3C[C@@H]([C@@H]2C1=O)[C@H]1[C@@H](c2cc([N+](=O)[O-])ccc2OCc2ccccc2Cl)c2sc(=O)[nH]c2S[C@H]31. The molecule has 4 aliphatic rings. The van der Waals surface area contributed by atoms with E-state index in [1.54, 1.807) is 18.2 Å². The van der Waals surface area contributed by atoms with Gasteiger partial charge >= 0.3 is 10.8 Å². The number of fused-ring (bicyclic) bond motifs is 9. The van der Waals surface area contributed by atoms with Gasteiger partial charge in [0.25, 0.3) is 5.69 Å². The number of hydrogen-bond acceptors (Lipinski definition) is 9. The van der Waals surface area contributed by atoms with Gasteiger partial charge in [0.05, 0.1) is 21.8 Å². The number of thiazole rings is 1. The molecule has 3 aromatic rings. The number of nitrogens with one attached hydrogen (secondary N) is 1. The first-order valence-corrected chi connectivity index (χ1v) is 15.3. The molecule has 2 aromatic carbocycles. The summed E-state index contributed by atoms with van der Waals surface area (Å²) in [7, 11) is 0. The summed E-state index contributed by atoms with van der Waals surface area (Å²) in [5, 5.41) is 22.2. The van der Waals surface area contributed by atoms with Crippen LogP contribution in [0.25, 0.3) is 0 Å². The summed E-state index contributed by atoms with van der Waals surface area (Å²) >= 11 is 8.84. The third-order valence-electron chi connectivity index (χ3n) is 8.99. The van der Waals surface area contributed by atoms with Crippen LogP contribution < -0.4 is 9.61 Å². The van der Waals surface area contributed by atoms with E-state index in [0.717, 1.165) is 21.8 Å². The van der Waals surface area contributed by atoms with Crippen molar-refractivity contribution in [2.24, 2.45) is 29.6 Å². The lowest BCUT2D eigenvalue weighted by Gasteiger charge is -2.43. The molecule has 2 aliphatic carbocycles. The number of rotatable bonds is 7. The number of hydrogen-bond donors (Lipinski definition) is 2. The Balaban J connectivity index is 1.33. The van der Waals surface area contributed by atoms with Crippen LogP contribution in [0.4, 0.5) is 5.69 Å². The van der Waals surface area contributed by atoms with Crippen molar-refractivity contribution in [1.29, 1.82) is 0 Å². The van der Waals surface area contributed by atoms with Crippen LogP contribution in [0.15, 0.2) is 52.3 Å². The molecule has 3 fully saturated rings. The maximum atomic E-state index is 13.4. The summed E-state index contributed by atoms with van der Waals surface area (Å²) in [5.41, 5.74) is 1.10. The average molecular weight is 628 g/mol. The number of carboxylic acids is 1. The van der Waals surface area contributed by atoms with Gasteiger partial charge in [-0.2, -0.15) is 0 Å². The number of amides is 2. The van der Waals surface area contributed by atoms with Gasteiger partial charge in [0.2, 0.25) is 11.8 Å². The van der Waals surface area contributed by atoms with Crippen molar-refractivity contribution in [3.63, 3.8) is 0 Å². The molecule has 0 unspecified atom stereocenters. The topological polar surface area (TPSA) is 160 Å². The van der Waals surface area contributed by atoms with Gasteiger partial charge in [0.1, 0.15) is 18.9 Å². The number of carbonyl (C=O) groups is 3. The molecule has 42 heavy (non-hydrogen) atoms. The highest BCUT2D eigenvalue weighted by Crippen LogP contribution is 2.69. The second-order valence-corrected chi connectivity index (χ2v) is 13.6. The smallest absolute Gasteiger partial charge is 0.323 e. The molecule has 0 spiro atoms. The fourth-order valence-corrected chi connectivity index (χ4v) is 10.6. The van der Waals surface area contributed by atoms with Crippen LogP contribution in [0.2, 0.25) is 5.02 Å². The first-order chi connectivity index (χ1) is 20.1. The molecule has 7 rings (SSSR count). The van der Waals surface area contributed by atoms with Crippen LogP contribution in [0, 0.1) is 39.7 Å². The number of non-ortho nitro benzene ring substituents is 1. The lowest BCUT2D eigenvalue weighted by Crippen LogP contribution is -2.42. The third kappa shape index (κ3) is 4.08. The summed E-state index contributed by atoms with van der Waals surface area (Å²) in [5.74, 6) is -4.36. The monoisotopic (exact) mass is 627 g/mol. The van der Waals surface area contributed by atoms with Crippen LogP contribution in [-0.4, -0.2) is 49.5 Å². The van der Waals surface area contributed by atoms with Gasteiger partial charge < -0.3 is 14.8 Å². The zero-order valence-electron chi connectivity index (χ0n) is 21.6.